The summed E-state index contributed by atoms with van der Waals surface area (Å²) >= 11 is 0. The van der Waals surface area contributed by atoms with Gasteiger partial charge in [0, 0.05) is 12.2 Å². The Morgan fingerprint density at radius 3 is 2.65 bits per heavy atom. The number of amides is 1. The Morgan fingerprint density at radius 2 is 1.95 bits per heavy atom. The molecule has 2 aromatic rings. The smallest absolute Gasteiger partial charge is 0.412 e. The number of ether oxygens (including phenoxy) is 1. The largest absolute Gasteiger partial charge is 0.441 e. The summed E-state index contributed by atoms with van der Waals surface area (Å²) in [6.45, 7) is 2.27. The third kappa shape index (κ3) is 3.83. The van der Waals surface area contributed by atoms with Crippen LogP contribution in [0.3, 0.4) is 0 Å². The van der Waals surface area contributed by atoms with Crippen molar-refractivity contribution in [1.29, 1.82) is 0 Å². The van der Waals surface area contributed by atoms with E-state index in [1.54, 1.807) is 6.07 Å². The summed E-state index contributed by atoms with van der Waals surface area (Å²) in [5.41, 5.74) is 8.16. The lowest BCUT2D eigenvalue weighted by molar-refractivity contribution is 0.121. The number of carbonyl (C=O) groups is 1. The summed E-state index contributed by atoms with van der Waals surface area (Å²) in [5.74, 6) is 0. The van der Waals surface area contributed by atoms with Crippen LogP contribution in [0.5, 0.6) is 0 Å². The quantitative estimate of drug-likeness (QED) is 0.894. The van der Waals surface area contributed by atoms with Crippen LogP contribution in [0.1, 0.15) is 24.2 Å². The summed E-state index contributed by atoms with van der Waals surface area (Å²) in [7, 11) is 0. The van der Waals surface area contributed by atoms with Gasteiger partial charge < -0.3 is 10.5 Å². The topological polar surface area (TPSA) is 64.3 Å². The van der Waals surface area contributed by atoms with Gasteiger partial charge in [0.05, 0.1) is 0 Å². The Hall–Kier alpha value is -2.33. The number of benzene rings is 2. The van der Waals surface area contributed by atoms with Crippen molar-refractivity contribution >= 4 is 11.8 Å². The third-order valence-electron chi connectivity index (χ3n) is 2.96. The molecule has 4 heteroatoms. The molecule has 3 N–H and O–H groups in total. The van der Waals surface area contributed by atoms with Gasteiger partial charge >= 0.3 is 6.09 Å². The van der Waals surface area contributed by atoms with Crippen LogP contribution in [-0.2, 0) is 11.3 Å². The normalized spacial score (nSPS) is 11.7. The molecular weight excluding hydrogens is 252 g/mol. The van der Waals surface area contributed by atoms with Gasteiger partial charge in [-0.1, -0.05) is 42.5 Å². The van der Waals surface area contributed by atoms with Gasteiger partial charge in [-0.05, 0) is 30.2 Å². The Morgan fingerprint density at radius 1 is 1.20 bits per heavy atom. The lowest BCUT2D eigenvalue weighted by Crippen LogP contribution is -2.16. The van der Waals surface area contributed by atoms with E-state index in [2.05, 4.69) is 5.32 Å². The van der Waals surface area contributed by atoms with Gasteiger partial charge in [-0.15, -0.1) is 0 Å². The average molecular weight is 270 g/mol. The molecule has 0 saturated heterocycles. The second kappa shape index (κ2) is 6.73. The van der Waals surface area contributed by atoms with Crippen molar-refractivity contribution in [2.24, 2.45) is 5.73 Å². The molecule has 0 aliphatic heterocycles. The van der Waals surface area contributed by atoms with Crippen molar-refractivity contribution < 1.29 is 9.53 Å². The highest BCUT2D eigenvalue weighted by Crippen LogP contribution is 2.17. The Kier molecular flexibility index (Phi) is 4.74. The van der Waals surface area contributed by atoms with E-state index in [1.165, 1.54) is 0 Å². The highest BCUT2D eigenvalue weighted by atomic mass is 16.6. The first-order valence-corrected chi connectivity index (χ1v) is 6.50. The zero-order chi connectivity index (χ0) is 14.4. The summed E-state index contributed by atoms with van der Waals surface area (Å²) in [4.78, 5) is 11.8. The van der Waals surface area contributed by atoms with Crippen LogP contribution in [0, 0.1) is 0 Å². The highest BCUT2D eigenvalue weighted by molar-refractivity contribution is 5.84. The van der Waals surface area contributed by atoms with Gasteiger partial charge in [0.25, 0.3) is 0 Å². The minimum atomic E-state index is -0.476. The number of carbonyl (C=O) groups excluding carboxylic acids is 1. The standard InChI is InChI=1S/C16H18N2O2/c1-12(14-7-3-2-4-8-14)20-16(19)18-15-9-5-6-13(10-15)11-17/h2-10,12H,11,17H2,1H3,(H,18,19). The van der Waals surface area contributed by atoms with E-state index in [9.17, 15) is 4.79 Å². The van der Waals surface area contributed by atoms with Crippen molar-refractivity contribution in [1.82, 2.24) is 0 Å². The van der Waals surface area contributed by atoms with Crippen LogP contribution in [0.4, 0.5) is 10.5 Å². The fourth-order valence-corrected chi connectivity index (χ4v) is 1.88. The van der Waals surface area contributed by atoms with Crippen LogP contribution in [0.15, 0.2) is 54.6 Å². The fraction of sp³-hybridized carbons (Fsp3) is 0.188. The van der Waals surface area contributed by atoms with E-state index in [1.807, 2.05) is 55.5 Å². The van der Waals surface area contributed by atoms with E-state index >= 15 is 0 Å². The zero-order valence-corrected chi connectivity index (χ0v) is 11.4. The van der Waals surface area contributed by atoms with Crippen LogP contribution in [-0.4, -0.2) is 6.09 Å². The third-order valence-corrected chi connectivity index (χ3v) is 2.96. The molecule has 0 saturated carbocycles. The monoisotopic (exact) mass is 270 g/mol. The van der Waals surface area contributed by atoms with E-state index < -0.39 is 6.09 Å². The second-order valence-corrected chi connectivity index (χ2v) is 4.49. The Balaban J connectivity index is 1.95. The summed E-state index contributed by atoms with van der Waals surface area (Å²) in [6, 6.07) is 17.0. The summed E-state index contributed by atoms with van der Waals surface area (Å²) < 4.78 is 5.33. The minimum absolute atomic E-state index is 0.297. The van der Waals surface area contributed by atoms with Gasteiger partial charge in [-0.2, -0.15) is 0 Å². The summed E-state index contributed by atoms with van der Waals surface area (Å²) in [6.07, 6.45) is -0.774. The zero-order valence-electron chi connectivity index (χ0n) is 11.4. The maximum absolute atomic E-state index is 11.8. The molecule has 0 aromatic heterocycles. The maximum atomic E-state index is 11.8. The van der Waals surface area contributed by atoms with E-state index in [-0.39, 0.29) is 6.10 Å². The first kappa shape index (κ1) is 14.1. The van der Waals surface area contributed by atoms with Gasteiger partial charge in [0.15, 0.2) is 0 Å². The molecule has 2 aromatic carbocycles. The number of nitrogens with two attached hydrogens (primary N) is 1. The Labute approximate surface area is 118 Å². The molecule has 1 atom stereocenters. The molecule has 0 aliphatic carbocycles. The highest BCUT2D eigenvalue weighted by Gasteiger charge is 2.11. The molecular formula is C16H18N2O2. The minimum Gasteiger partial charge on any atom is -0.441 e. The van der Waals surface area contributed by atoms with Crippen molar-refractivity contribution in [3.05, 3.63) is 65.7 Å². The maximum Gasteiger partial charge on any atom is 0.412 e. The molecule has 0 heterocycles. The number of nitrogens with one attached hydrogen (secondary N) is 1. The van der Waals surface area contributed by atoms with Crippen molar-refractivity contribution in [2.75, 3.05) is 5.32 Å². The Bertz CT molecular complexity index is 570. The molecule has 0 radical (unpaired) electrons. The molecule has 2 rings (SSSR count). The number of hydrogen-bond acceptors (Lipinski definition) is 3. The molecule has 0 bridgehead atoms. The summed E-state index contributed by atoms with van der Waals surface area (Å²) in [5, 5.41) is 2.70. The van der Waals surface area contributed by atoms with Gasteiger partial charge in [-0.3, -0.25) is 5.32 Å². The number of hydrogen-bond donors (Lipinski definition) is 2. The predicted octanol–water partition coefficient (Wildman–Crippen LogP) is 3.46. The molecule has 0 aliphatic rings. The van der Waals surface area contributed by atoms with Crippen molar-refractivity contribution in [3.63, 3.8) is 0 Å². The molecule has 0 fully saturated rings. The van der Waals surface area contributed by atoms with E-state index in [0.29, 0.717) is 12.2 Å². The SMILES string of the molecule is CC(OC(=O)Nc1cccc(CN)c1)c1ccccc1. The van der Waals surface area contributed by atoms with Crippen molar-refractivity contribution in [3.8, 4) is 0 Å². The van der Waals surface area contributed by atoms with Crippen LogP contribution in [0.2, 0.25) is 0 Å². The molecule has 20 heavy (non-hydrogen) atoms. The number of rotatable bonds is 4. The lowest BCUT2D eigenvalue weighted by Gasteiger charge is -2.14. The predicted molar refractivity (Wildman–Crippen MR) is 79.3 cm³/mol. The van der Waals surface area contributed by atoms with Crippen LogP contribution in [0.25, 0.3) is 0 Å². The molecule has 4 nitrogen and oxygen atoms in total. The molecule has 1 amide bonds. The van der Waals surface area contributed by atoms with Gasteiger partial charge in [0.2, 0.25) is 0 Å². The van der Waals surface area contributed by atoms with Gasteiger partial charge in [-0.25, -0.2) is 4.79 Å². The first-order valence-electron chi connectivity index (χ1n) is 6.50. The molecule has 104 valence electrons. The van der Waals surface area contributed by atoms with Crippen LogP contribution < -0.4 is 11.1 Å². The second-order valence-electron chi connectivity index (χ2n) is 4.49. The number of anilines is 1. The fourth-order valence-electron chi connectivity index (χ4n) is 1.88. The lowest BCUT2D eigenvalue weighted by atomic mass is 10.1. The van der Waals surface area contributed by atoms with Gasteiger partial charge in [0.1, 0.15) is 6.10 Å². The molecule has 0 spiro atoms. The van der Waals surface area contributed by atoms with E-state index in [0.717, 1.165) is 11.1 Å². The van der Waals surface area contributed by atoms with Crippen LogP contribution >= 0.6 is 0 Å². The van der Waals surface area contributed by atoms with Crippen molar-refractivity contribution in [2.45, 2.75) is 19.6 Å². The molecule has 1 unspecified atom stereocenters. The van der Waals surface area contributed by atoms with E-state index in [4.69, 9.17) is 10.5 Å². The first-order chi connectivity index (χ1) is 9.69. The average Bonchev–Trinajstić information content (AvgIpc) is 2.48.